The van der Waals surface area contributed by atoms with E-state index in [1.54, 1.807) is 13.8 Å². The van der Waals surface area contributed by atoms with E-state index in [-0.39, 0.29) is 0 Å². The first-order valence-electron chi connectivity index (χ1n) is 4.87. The second kappa shape index (κ2) is 5.22. The molecule has 0 aliphatic rings. The molecule has 1 unspecified atom stereocenters. The van der Waals surface area contributed by atoms with Gasteiger partial charge in [-0.25, -0.2) is 0 Å². The molecule has 0 aromatic rings. The molecule has 0 heterocycles. The zero-order valence-corrected chi connectivity index (χ0v) is 9.05. The summed E-state index contributed by atoms with van der Waals surface area (Å²) in [6.07, 6.45) is 2.22. The Hall–Kier alpha value is -0.570. The van der Waals surface area contributed by atoms with Crippen molar-refractivity contribution in [2.24, 2.45) is 5.41 Å². The monoisotopic (exact) mass is 187 g/mol. The Morgan fingerprint density at radius 2 is 2.08 bits per heavy atom. The summed E-state index contributed by atoms with van der Waals surface area (Å²) in [4.78, 5) is 10.8. The van der Waals surface area contributed by atoms with Gasteiger partial charge in [-0.3, -0.25) is 4.79 Å². The number of carboxylic acid groups (broad SMARTS) is 1. The molecular formula is C10H21NO2. The molecule has 0 radical (unpaired) electrons. The first-order valence-corrected chi connectivity index (χ1v) is 4.87. The topological polar surface area (TPSA) is 49.3 Å². The van der Waals surface area contributed by atoms with Gasteiger partial charge in [-0.1, -0.05) is 13.3 Å². The highest BCUT2D eigenvalue weighted by atomic mass is 16.4. The molecular weight excluding hydrogens is 166 g/mol. The molecule has 0 aliphatic carbocycles. The Kier molecular flexibility index (Phi) is 4.99. The summed E-state index contributed by atoms with van der Waals surface area (Å²) < 4.78 is 0. The van der Waals surface area contributed by atoms with E-state index in [1.807, 2.05) is 0 Å². The highest BCUT2D eigenvalue weighted by Gasteiger charge is 2.26. The summed E-state index contributed by atoms with van der Waals surface area (Å²) in [7, 11) is 0. The molecule has 0 saturated carbocycles. The molecule has 2 N–H and O–H groups in total. The fraction of sp³-hybridized carbons (Fsp3) is 0.900. The zero-order valence-electron chi connectivity index (χ0n) is 9.05. The number of carboxylic acids is 1. The second-order valence-corrected chi connectivity index (χ2v) is 4.26. The normalized spacial score (nSPS) is 14.2. The van der Waals surface area contributed by atoms with Crippen LogP contribution in [0.25, 0.3) is 0 Å². The van der Waals surface area contributed by atoms with E-state index in [0.29, 0.717) is 12.6 Å². The van der Waals surface area contributed by atoms with Crippen LogP contribution in [0.4, 0.5) is 0 Å². The van der Waals surface area contributed by atoms with Crippen LogP contribution in [0.5, 0.6) is 0 Å². The van der Waals surface area contributed by atoms with Gasteiger partial charge in [-0.2, -0.15) is 0 Å². The third kappa shape index (κ3) is 4.88. The molecule has 0 aliphatic heterocycles. The first kappa shape index (κ1) is 12.4. The van der Waals surface area contributed by atoms with Crippen molar-refractivity contribution in [2.45, 2.75) is 46.6 Å². The van der Waals surface area contributed by atoms with Crippen LogP contribution in [-0.4, -0.2) is 23.7 Å². The number of rotatable bonds is 6. The lowest BCUT2D eigenvalue weighted by atomic mass is 9.93. The minimum atomic E-state index is -0.747. The standard InChI is InChI=1S/C10H21NO2/c1-5-6-8(2)11-7-10(3,4)9(12)13/h8,11H,5-7H2,1-4H3,(H,12,13). The summed E-state index contributed by atoms with van der Waals surface area (Å²) in [6, 6.07) is 0.406. The number of carbonyl (C=O) groups is 1. The fourth-order valence-electron chi connectivity index (χ4n) is 1.04. The van der Waals surface area contributed by atoms with Crippen molar-refractivity contribution < 1.29 is 9.90 Å². The lowest BCUT2D eigenvalue weighted by molar-refractivity contribution is -0.146. The van der Waals surface area contributed by atoms with Crippen LogP contribution in [0.3, 0.4) is 0 Å². The van der Waals surface area contributed by atoms with Crippen molar-refractivity contribution in [3.05, 3.63) is 0 Å². The van der Waals surface area contributed by atoms with Crippen molar-refractivity contribution in [1.82, 2.24) is 5.32 Å². The molecule has 0 amide bonds. The van der Waals surface area contributed by atoms with Crippen molar-refractivity contribution >= 4 is 5.97 Å². The van der Waals surface area contributed by atoms with Crippen LogP contribution in [0.15, 0.2) is 0 Å². The molecule has 0 fully saturated rings. The maximum absolute atomic E-state index is 10.8. The van der Waals surface area contributed by atoms with Crippen LogP contribution in [0.1, 0.15) is 40.5 Å². The van der Waals surface area contributed by atoms with Gasteiger partial charge in [0.25, 0.3) is 0 Å². The summed E-state index contributed by atoms with van der Waals surface area (Å²) in [5.74, 6) is -0.747. The summed E-state index contributed by atoms with van der Waals surface area (Å²) in [5.41, 5.74) is -0.665. The van der Waals surface area contributed by atoms with Crippen LogP contribution in [0, 0.1) is 5.41 Å². The Morgan fingerprint density at radius 3 is 2.46 bits per heavy atom. The molecule has 0 aromatic heterocycles. The quantitative estimate of drug-likeness (QED) is 0.667. The lowest BCUT2D eigenvalue weighted by Gasteiger charge is -2.22. The van der Waals surface area contributed by atoms with Gasteiger partial charge < -0.3 is 10.4 Å². The van der Waals surface area contributed by atoms with Crippen molar-refractivity contribution in [3.63, 3.8) is 0 Å². The SMILES string of the molecule is CCCC(C)NCC(C)(C)C(=O)O. The van der Waals surface area contributed by atoms with E-state index in [2.05, 4.69) is 19.2 Å². The maximum atomic E-state index is 10.8. The van der Waals surface area contributed by atoms with E-state index >= 15 is 0 Å². The predicted octanol–water partition coefficient (Wildman–Crippen LogP) is 1.88. The molecule has 1 atom stereocenters. The van der Waals surface area contributed by atoms with Gasteiger partial charge in [0.1, 0.15) is 0 Å². The Bertz CT molecular complexity index is 166. The van der Waals surface area contributed by atoms with Gasteiger partial charge in [0.15, 0.2) is 0 Å². The van der Waals surface area contributed by atoms with Gasteiger partial charge in [0.2, 0.25) is 0 Å². The fourth-order valence-corrected chi connectivity index (χ4v) is 1.04. The molecule has 3 heteroatoms. The van der Waals surface area contributed by atoms with Gasteiger partial charge in [-0.15, -0.1) is 0 Å². The summed E-state index contributed by atoms with van der Waals surface area (Å²) >= 11 is 0. The van der Waals surface area contributed by atoms with Gasteiger partial charge in [0, 0.05) is 12.6 Å². The predicted molar refractivity (Wildman–Crippen MR) is 53.8 cm³/mol. The zero-order chi connectivity index (χ0) is 10.5. The van der Waals surface area contributed by atoms with Crippen molar-refractivity contribution in [2.75, 3.05) is 6.54 Å². The van der Waals surface area contributed by atoms with E-state index in [4.69, 9.17) is 5.11 Å². The molecule has 13 heavy (non-hydrogen) atoms. The highest BCUT2D eigenvalue weighted by molar-refractivity contribution is 5.73. The Balaban J connectivity index is 3.80. The average molecular weight is 187 g/mol. The van der Waals surface area contributed by atoms with Gasteiger partial charge >= 0.3 is 5.97 Å². The van der Waals surface area contributed by atoms with E-state index < -0.39 is 11.4 Å². The third-order valence-electron chi connectivity index (χ3n) is 2.19. The van der Waals surface area contributed by atoms with E-state index in [0.717, 1.165) is 12.8 Å². The van der Waals surface area contributed by atoms with Gasteiger partial charge in [0.05, 0.1) is 5.41 Å². The Morgan fingerprint density at radius 1 is 1.54 bits per heavy atom. The van der Waals surface area contributed by atoms with Crippen LogP contribution in [0.2, 0.25) is 0 Å². The van der Waals surface area contributed by atoms with Crippen LogP contribution >= 0.6 is 0 Å². The molecule has 0 bridgehead atoms. The molecule has 3 nitrogen and oxygen atoms in total. The number of aliphatic carboxylic acids is 1. The second-order valence-electron chi connectivity index (χ2n) is 4.26. The van der Waals surface area contributed by atoms with Crippen LogP contribution < -0.4 is 5.32 Å². The molecule has 0 saturated heterocycles. The van der Waals surface area contributed by atoms with Crippen molar-refractivity contribution in [3.8, 4) is 0 Å². The summed E-state index contributed by atoms with van der Waals surface area (Å²) in [5, 5.41) is 12.1. The molecule has 0 aromatic carbocycles. The average Bonchev–Trinajstić information content (AvgIpc) is 2.01. The van der Waals surface area contributed by atoms with E-state index in [1.165, 1.54) is 0 Å². The number of hydrogen-bond donors (Lipinski definition) is 2. The summed E-state index contributed by atoms with van der Waals surface area (Å²) in [6.45, 7) is 8.22. The number of nitrogens with one attached hydrogen (secondary N) is 1. The maximum Gasteiger partial charge on any atom is 0.310 e. The number of hydrogen-bond acceptors (Lipinski definition) is 2. The highest BCUT2D eigenvalue weighted by Crippen LogP contribution is 2.13. The van der Waals surface area contributed by atoms with Gasteiger partial charge in [-0.05, 0) is 27.2 Å². The molecule has 0 spiro atoms. The minimum absolute atomic E-state index is 0.406. The van der Waals surface area contributed by atoms with Crippen LogP contribution in [-0.2, 0) is 4.79 Å². The Labute approximate surface area is 80.5 Å². The first-order chi connectivity index (χ1) is 5.90. The van der Waals surface area contributed by atoms with E-state index in [9.17, 15) is 4.79 Å². The third-order valence-corrected chi connectivity index (χ3v) is 2.19. The smallest absolute Gasteiger partial charge is 0.310 e. The minimum Gasteiger partial charge on any atom is -0.481 e. The largest absolute Gasteiger partial charge is 0.481 e. The molecule has 0 rings (SSSR count). The van der Waals surface area contributed by atoms with Crippen molar-refractivity contribution in [1.29, 1.82) is 0 Å². The lowest BCUT2D eigenvalue weighted by Crippen LogP contribution is -2.39. The molecule has 78 valence electrons.